The van der Waals surface area contributed by atoms with E-state index in [-0.39, 0.29) is 18.3 Å². The van der Waals surface area contributed by atoms with Crippen molar-refractivity contribution in [2.75, 3.05) is 32.1 Å². The van der Waals surface area contributed by atoms with Crippen LogP contribution < -0.4 is 4.90 Å². The van der Waals surface area contributed by atoms with Gasteiger partial charge in [-0.1, -0.05) is 29.5 Å². The Kier molecular flexibility index (Phi) is 6.12. The molecule has 3 rings (SSSR count). The fourth-order valence-corrected chi connectivity index (χ4v) is 3.75. The first kappa shape index (κ1) is 17.9. The number of carbonyl (C=O) groups excluding carboxylic acids is 1. The van der Waals surface area contributed by atoms with E-state index in [4.69, 9.17) is 0 Å². The average molecular weight is 368 g/mol. The highest BCUT2D eigenvalue weighted by molar-refractivity contribution is 7.22. The zero-order valence-electron chi connectivity index (χ0n) is 12.9. The van der Waals surface area contributed by atoms with Crippen molar-refractivity contribution in [3.05, 3.63) is 46.7 Å². The van der Waals surface area contributed by atoms with Crippen molar-refractivity contribution in [2.45, 2.75) is 0 Å². The van der Waals surface area contributed by atoms with E-state index in [2.05, 4.69) is 9.88 Å². The number of benzene rings is 1. The van der Waals surface area contributed by atoms with Gasteiger partial charge in [0.2, 0.25) is 0 Å². The summed E-state index contributed by atoms with van der Waals surface area (Å²) in [6, 6.07) is 11.8. The second kappa shape index (κ2) is 7.88. The molecule has 0 unspecified atom stereocenters. The van der Waals surface area contributed by atoms with Crippen molar-refractivity contribution in [1.29, 1.82) is 0 Å². The molecule has 0 spiro atoms. The molecule has 4 nitrogen and oxygen atoms in total. The van der Waals surface area contributed by atoms with E-state index in [1.54, 1.807) is 16.2 Å². The van der Waals surface area contributed by atoms with Gasteiger partial charge < -0.3 is 4.90 Å². The zero-order valence-corrected chi connectivity index (χ0v) is 15.4. The van der Waals surface area contributed by atoms with Crippen molar-refractivity contribution in [1.82, 2.24) is 9.88 Å². The Balaban J connectivity index is 0.00000192. The highest BCUT2D eigenvalue weighted by Gasteiger charge is 2.21. The number of likely N-dealkylation sites (N-methyl/N-ethyl adjacent to an activating group) is 1. The summed E-state index contributed by atoms with van der Waals surface area (Å²) >= 11 is 3.03. The van der Waals surface area contributed by atoms with Crippen LogP contribution >= 0.6 is 35.1 Å². The van der Waals surface area contributed by atoms with Crippen molar-refractivity contribution in [3.63, 3.8) is 0 Å². The van der Waals surface area contributed by atoms with Gasteiger partial charge >= 0.3 is 0 Å². The van der Waals surface area contributed by atoms with Gasteiger partial charge in [0.05, 0.1) is 15.1 Å². The molecule has 0 saturated carbocycles. The lowest BCUT2D eigenvalue weighted by Gasteiger charge is -2.21. The first-order valence-corrected chi connectivity index (χ1v) is 8.70. The third-order valence-electron chi connectivity index (χ3n) is 3.26. The van der Waals surface area contributed by atoms with Crippen LogP contribution in [0.4, 0.5) is 5.13 Å². The minimum Gasteiger partial charge on any atom is -0.308 e. The number of amides is 1. The van der Waals surface area contributed by atoms with E-state index < -0.39 is 0 Å². The average Bonchev–Trinajstić information content (AvgIpc) is 3.16. The molecule has 0 aliphatic heterocycles. The summed E-state index contributed by atoms with van der Waals surface area (Å²) in [4.78, 5) is 22.0. The number of rotatable bonds is 5. The first-order chi connectivity index (χ1) is 10.6. The first-order valence-electron chi connectivity index (χ1n) is 7.01. The van der Waals surface area contributed by atoms with E-state index >= 15 is 0 Å². The molecule has 0 N–H and O–H groups in total. The largest absolute Gasteiger partial charge is 0.308 e. The molecule has 2 heterocycles. The van der Waals surface area contributed by atoms with Crippen LogP contribution in [0, 0.1) is 0 Å². The number of nitrogens with zero attached hydrogens (tertiary/aromatic N) is 3. The molecule has 0 saturated heterocycles. The van der Waals surface area contributed by atoms with Gasteiger partial charge in [0.25, 0.3) is 5.91 Å². The summed E-state index contributed by atoms with van der Waals surface area (Å²) in [5.41, 5.74) is 0.941. The lowest BCUT2D eigenvalue weighted by Crippen LogP contribution is -2.36. The molecule has 122 valence electrons. The van der Waals surface area contributed by atoms with Gasteiger partial charge in [-0.25, -0.2) is 4.98 Å². The number of thiazole rings is 1. The second-order valence-electron chi connectivity index (χ2n) is 5.20. The summed E-state index contributed by atoms with van der Waals surface area (Å²) in [5, 5.41) is 2.69. The molecule has 0 aliphatic rings. The number of fused-ring (bicyclic) bond motifs is 1. The second-order valence-corrected chi connectivity index (χ2v) is 7.16. The summed E-state index contributed by atoms with van der Waals surface area (Å²) in [6.45, 7) is 1.43. The van der Waals surface area contributed by atoms with E-state index in [1.807, 2.05) is 55.9 Å². The fraction of sp³-hybridized carbons (Fsp3) is 0.250. The predicted molar refractivity (Wildman–Crippen MR) is 101 cm³/mol. The lowest BCUT2D eigenvalue weighted by atomic mass is 10.3. The highest BCUT2D eigenvalue weighted by atomic mass is 35.5. The van der Waals surface area contributed by atoms with Gasteiger partial charge in [0.1, 0.15) is 0 Å². The SMILES string of the molecule is CN(C)CCN(C(=O)c1cccs1)c1nc2ccccc2s1.Cl. The molecule has 7 heteroatoms. The molecule has 0 atom stereocenters. The summed E-state index contributed by atoms with van der Waals surface area (Å²) in [5.74, 6) is 0.0240. The van der Waals surface area contributed by atoms with Crippen molar-refractivity contribution < 1.29 is 4.79 Å². The summed E-state index contributed by atoms with van der Waals surface area (Å²) in [7, 11) is 4.01. The maximum atomic E-state index is 12.8. The fourth-order valence-electron chi connectivity index (χ4n) is 2.09. The van der Waals surface area contributed by atoms with E-state index in [0.717, 1.165) is 26.8 Å². The molecule has 1 aromatic carbocycles. The Morgan fingerprint density at radius 3 is 2.57 bits per heavy atom. The smallest absolute Gasteiger partial charge is 0.270 e. The molecule has 1 amide bonds. The van der Waals surface area contributed by atoms with Gasteiger partial charge in [0, 0.05) is 13.1 Å². The third kappa shape index (κ3) is 4.09. The summed E-state index contributed by atoms with van der Waals surface area (Å²) < 4.78 is 1.10. The van der Waals surface area contributed by atoms with Crippen LogP contribution in [0.1, 0.15) is 9.67 Å². The number of carbonyl (C=O) groups is 1. The monoisotopic (exact) mass is 367 g/mol. The Bertz CT molecular complexity index is 738. The van der Waals surface area contributed by atoms with Gasteiger partial charge in [-0.3, -0.25) is 9.69 Å². The number of anilines is 1. The van der Waals surface area contributed by atoms with Crippen LogP contribution in [0.5, 0.6) is 0 Å². The molecule has 0 fully saturated rings. The Morgan fingerprint density at radius 1 is 1.13 bits per heavy atom. The number of para-hydroxylation sites is 1. The Hall–Kier alpha value is -1.47. The standard InChI is InChI=1S/C16H17N3OS2.ClH/c1-18(2)9-10-19(15(20)14-8-5-11-21-14)16-17-12-6-3-4-7-13(12)22-16;/h3-8,11H,9-10H2,1-2H3;1H. The van der Waals surface area contributed by atoms with Crippen molar-refractivity contribution in [2.24, 2.45) is 0 Å². The third-order valence-corrected chi connectivity index (χ3v) is 5.18. The number of hydrogen-bond acceptors (Lipinski definition) is 5. The van der Waals surface area contributed by atoms with Gasteiger partial charge in [-0.2, -0.15) is 0 Å². The van der Waals surface area contributed by atoms with Crippen LogP contribution in [-0.4, -0.2) is 43.0 Å². The van der Waals surface area contributed by atoms with Gasteiger partial charge in [-0.15, -0.1) is 23.7 Å². The van der Waals surface area contributed by atoms with Gasteiger partial charge in [-0.05, 0) is 37.7 Å². The molecular weight excluding hydrogens is 350 g/mol. The maximum Gasteiger partial charge on any atom is 0.270 e. The predicted octanol–water partition coefficient (Wildman–Crippen LogP) is 3.99. The van der Waals surface area contributed by atoms with Crippen LogP contribution in [-0.2, 0) is 0 Å². The quantitative estimate of drug-likeness (QED) is 0.684. The number of aromatic nitrogens is 1. The molecule has 0 radical (unpaired) electrons. The number of halogens is 1. The molecule has 0 aliphatic carbocycles. The van der Waals surface area contributed by atoms with Crippen molar-refractivity contribution in [3.8, 4) is 0 Å². The van der Waals surface area contributed by atoms with Crippen LogP contribution in [0.3, 0.4) is 0 Å². The molecule has 23 heavy (non-hydrogen) atoms. The minimum atomic E-state index is 0. The molecule has 3 aromatic rings. The van der Waals surface area contributed by atoms with Gasteiger partial charge in [0.15, 0.2) is 5.13 Å². The van der Waals surface area contributed by atoms with Crippen LogP contribution in [0.2, 0.25) is 0 Å². The van der Waals surface area contributed by atoms with E-state index in [9.17, 15) is 4.79 Å². The van der Waals surface area contributed by atoms with E-state index in [0.29, 0.717) is 6.54 Å². The van der Waals surface area contributed by atoms with Crippen LogP contribution in [0.15, 0.2) is 41.8 Å². The number of thiophene rings is 1. The lowest BCUT2D eigenvalue weighted by molar-refractivity contribution is 0.0989. The Morgan fingerprint density at radius 2 is 1.91 bits per heavy atom. The Labute approximate surface area is 149 Å². The topological polar surface area (TPSA) is 36.4 Å². The zero-order chi connectivity index (χ0) is 15.5. The van der Waals surface area contributed by atoms with Crippen molar-refractivity contribution >= 4 is 56.3 Å². The van der Waals surface area contributed by atoms with Crippen LogP contribution in [0.25, 0.3) is 10.2 Å². The minimum absolute atomic E-state index is 0. The van der Waals surface area contributed by atoms with E-state index in [1.165, 1.54) is 11.3 Å². The number of hydrogen-bond donors (Lipinski definition) is 0. The summed E-state index contributed by atoms with van der Waals surface area (Å²) in [6.07, 6.45) is 0. The molecule has 2 aromatic heterocycles. The molecular formula is C16H18ClN3OS2. The normalized spacial score (nSPS) is 10.7. The molecule has 0 bridgehead atoms. The highest BCUT2D eigenvalue weighted by Crippen LogP contribution is 2.30. The maximum absolute atomic E-state index is 12.8.